The molecule has 1 saturated heterocycles. The Kier molecular flexibility index (Phi) is 4.81. The van der Waals surface area contributed by atoms with Gasteiger partial charge in [0.2, 0.25) is 5.95 Å². The maximum Gasteiger partial charge on any atom is 0.257 e. The third-order valence-electron chi connectivity index (χ3n) is 5.08. The second-order valence-corrected chi connectivity index (χ2v) is 6.78. The quantitative estimate of drug-likeness (QED) is 0.871. The summed E-state index contributed by atoms with van der Waals surface area (Å²) in [7, 11) is 0. The zero-order valence-corrected chi connectivity index (χ0v) is 14.4. The lowest BCUT2D eigenvalue weighted by atomic mass is 10.1. The SMILES string of the molecule is O=C(c1cnc(Nc2ccccc2)nc1)N1CCO[C@H]2C[C@H](CO)C[C@@H]21. The molecule has 0 unspecified atom stereocenters. The summed E-state index contributed by atoms with van der Waals surface area (Å²) in [6, 6.07) is 9.66. The Hall–Kier alpha value is -2.51. The lowest BCUT2D eigenvalue weighted by Crippen LogP contribution is -2.51. The molecule has 3 atom stereocenters. The molecule has 4 rings (SSSR count). The molecule has 2 heterocycles. The Balaban J connectivity index is 1.46. The van der Waals surface area contributed by atoms with Gasteiger partial charge in [0, 0.05) is 31.2 Å². The van der Waals surface area contributed by atoms with Crippen molar-refractivity contribution in [1.82, 2.24) is 14.9 Å². The number of aromatic nitrogens is 2. The summed E-state index contributed by atoms with van der Waals surface area (Å²) in [5.74, 6) is 0.578. The highest BCUT2D eigenvalue weighted by Crippen LogP contribution is 2.34. The maximum atomic E-state index is 12.9. The van der Waals surface area contributed by atoms with Gasteiger partial charge in [-0.3, -0.25) is 4.79 Å². The van der Waals surface area contributed by atoms with Crippen LogP contribution in [0.25, 0.3) is 0 Å². The first-order valence-electron chi connectivity index (χ1n) is 8.92. The molecule has 136 valence electrons. The molecule has 26 heavy (non-hydrogen) atoms. The summed E-state index contributed by atoms with van der Waals surface area (Å²) in [5.41, 5.74) is 1.36. The van der Waals surface area contributed by atoms with Gasteiger partial charge in [-0.15, -0.1) is 0 Å². The fourth-order valence-electron chi connectivity index (χ4n) is 3.77. The van der Waals surface area contributed by atoms with Crippen LogP contribution in [0.2, 0.25) is 0 Å². The predicted octanol–water partition coefficient (Wildman–Crippen LogP) is 1.83. The number of carbonyl (C=O) groups excluding carboxylic acids is 1. The number of rotatable bonds is 4. The molecular weight excluding hydrogens is 332 g/mol. The number of nitrogens with one attached hydrogen (secondary N) is 1. The largest absolute Gasteiger partial charge is 0.396 e. The molecule has 0 bridgehead atoms. The topological polar surface area (TPSA) is 87.6 Å². The molecule has 1 aliphatic carbocycles. The van der Waals surface area contributed by atoms with Crippen LogP contribution in [0.3, 0.4) is 0 Å². The second kappa shape index (κ2) is 7.39. The Morgan fingerprint density at radius 1 is 1.23 bits per heavy atom. The van der Waals surface area contributed by atoms with Crippen molar-refractivity contribution in [3.63, 3.8) is 0 Å². The maximum absolute atomic E-state index is 12.9. The summed E-state index contributed by atoms with van der Waals surface area (Å²) < 4.78 is 5.79. The number of hydrogen-bond donors (Lipinski definition) is 2. The van der Waals surface area contributed by atoms with Crippen molar-refractivity contribution in [2.75, 3.05) is 25.1 Å². The first-order chi connectivity index (χ1) is 12.7. The lowest BCUT2D eigenvalue weighted by Gasteiger charge is -2.37. The highest BCUT2D eigenvalue weighted by atomic mass is 16.5. The Labute approximate surface area is 152 Å². The summed E-state index contributed by atoms with van der Waals surface area (Å²) in [6.07, 6.45) is 4.72. The zero-order valence-electron chi connectivity index (χ0n) is 14.4. The van der Waals surface area contributed by atoms with Crippen LogP contribution in [0.1, 0.15) is 23.2 Å². The molecule has 1 saturated carbocycles. The summed E-state index contributed by atoms with van der Waals surface area (Å²) >= 11 is 0. The second-order valence-electron chi connectivity index (χ2n) is 6.78. The van der Waals surface area contributed by atoms with E-state index in [1.807, 2.05) is 35.2 Å². The average Bonchev–Trinajstić information content (AvgIpc) is 3.12. The minimum atomic E-state index is -0.0758. The number of nitrogens with zero attached hydrogens (tertiary/aromatic N) is 3. The number of ether oxygens (including phenoxy) is 1. The molecule has 2 aromatic rings. The van der Waals surface area contributed by atoms with Gasteiger partial charge in [-0.25, -0.2) is 9.97 Å². The normalized spacial score (nSPS) is 25.0. The number of amides is 1. The van der Waals surface area contributed by atoms with E-state index in [2.05, 4.69) is 15.3 Å². The van der Waals surface area contributed by atoms with Gasteiger partial charge in [0.25, 0.3) is 5.91 Å². The minimum Gasteiger partial charge on any atom is -0.396 e. The smallest absolute Gasteiger partial charge is 0.257 e. The molecule has 0 spiro atoms. The van der Waals surface area contributed by atoms with E-state index in [9.17, 15) is 9.90 Å². The number of hydrogen-bond acceptors (Lipinski definition) is 6. The van der Waals surface area contributed by atoms with E-state index in [1.165, 1.54) is 0 Å². The van der Waals surface area contributed by atoms with Gasteiger partial charge in [-0.1, -0.05) is 18.2 Å². The lowest BCUT2D eigenvalue weighted by molar-refractivity contribution is -0.0449. The van der Waals surface area contributed by atoms with Crippen LogP contribution in [0.15, 0.2) is 42.7 Å². The van der Waals surface area contributed by atoms with E-state index in [0.717, 1.165) is 18.5 Å². The van der Waals surface area contributed by atoms with Crippen molar-refractivity contribution in [1.29, 1.82) is 0 Å². The number of para-hydroxylation sites is 1. The predicted molar refractivity (Wildman–Crippen MR) is 96.1 cm³/mol. The number of aliphatic hydroxyl groups is 1. The first-order valence-corrected chi connectivity index (χ1v) is 8.92. The van der Waals surface area contributed by atoms with E-state index < -0.39 is 0 Å². The third kappa shape index (κ3) is 3.40. The summed E-state index contributed by atoms with van der Waals surface area (Å²) in [5, 5.41) is 12.5. The van der Waals surface area contributed by atoms with Crippen LogP contribution >= 0.6 is 0 Å². The van der Waals surface area contributed by atoms with Crippen molar-refractivity contribution in [2.45, 2.75) is 25.0 Å². The third-order valence-corrected chi connectivity index (χ3v) is 5.08. The molecule has 7 nitrogen and oxygen atoms in total. The van der Waals surface area contributed by atoms with Gasteiger partial charge in [0.15, 0.2) is 0 Å². The molecule has 0 radical (unpaired) electrons. The van der Waals surface area contributed by atoms with Crippen LogP contribution in [-0.4, -0.2) is 57.8 Å². The Bertz CT molecular complexity index is 753. The summed E-state index contributed by atoms with van der Waals surface area (Å²) in [6.45, 7) is 1.23. The van der Waals surface area contributed by atoms with Crippen molar-refractivity contribution in [3.05, 3.63) is 48.3 Å². The number of benzene rings is 1. The van der Waals surface area contributed by atoms with Gasteiger partial charge in [0.1, 0.15) is 0 Å². The molecule has 1 amide bonds. The van der Waals surface area contributed by atoms with Crippen LogP contribution < -0.4 is 5.32 Å². The molecular formula is C19H22N4O3. The standard InChI is InChI=1S/C19H22N4O3/c24-12-13-8-16-17(9-13)26-7-6-23(16)18(25)14-10-20-19(21-11-14)22-15-4-2-1-3-5-15/h1-5,10-11,13,16-17,24H,6-9,12H2,(H,20,21,22)/t13-,16+,17+/m1/s1. The highest BCUT2D eigenvalue weighted by Gasteiger charge is 2.42. The molecule has 2 fully saturated rings. The van der Waals surface area contributed by atoms with Crippen molar-refractivity contribution < 1.29 is 14.6 Å². The molecule has 2 aliphatic rings. The van der Waals surface area contributed by atoms with Crippen molar-refractivity contribution in [3.8, 4) is 0 Å². The van der Waals surface area contributed by atoms with Gasteiger partial charge >= 0.3 is 0 Å². The van der Waals surface area contributed by atoms with Crippen LogP contribution in [0, 0.1) is 5.92 Å². The van der Waals surface area contributed by atoms with Crippen molar-refractivity contribution >= 4 is 17.5 Å². The number of aliphatic hydroxyl groups excluding tert-OH is 1. The van der Waals surface area contributed by atoms with Gasteiger partial charge in [0.05, 0.1) is 24.3 Å². The van der Waals surface area contributed by atoms with Gasteiger partial charge < -0.3 is 20.1 Å². The Morgan fingerprint density at radius 3 is 2.73 bits per heavy atom. The molecule has 1 aromatic carbocycles. The number of carbonyl (C=O) groups is 1. The highest BCUT2D eigenvalue weighted by molar-refractivity contribution is 5.94. The zero-order chi connectivity index (χ0) is 17.9. The minimum absolute atomic E-state index is 0.0183. The fourth-order valence-corrected chi connectivity index (χ4v) is 3.77. The van der Waals surface area contributed by atoms with E-state index in [1.54, 1.807) is 12.4 Å². The number of anilines is 2. The molecule has 7 heteroatoms. The fraction of sp³-hybridized carbons (Fsp3) is 0.421. The van der Waals surface area contributed by atoms with E-state index in [4.69, 9.17) is 4.74 Å². The first kappa shape index (κ1) is 16.9. The van der Waals surface area contributed by atoms with Crippen LogP contribution in [0.5, 0.6) is 0 Å². The summed E-state index contributed by atoms with van der Waals surface area (Å²) in [4.78, 5) is 23.3. The van der Waals surface area contributed by atoms with E-state index >= 15 is 0 Å². The number of morpholine rings is 1. The van der Waals surface area contributed by atoms with Gasteiger partial charge in [-0.2, -0.15) is 0 Å². The average molecular weight is 354 g/mol. The number of fused-ring (bicyclic) bond motifs is 1. The van der Waals surface area contributed by atoms with Gasteiger partial charge in [-0.05, 0) is 30.9 Å². The molecule has 1 aromatic heterocycles. The van der Waals surface area contributed by atoms with Crippen molar-refractivity contribution in [2.24, 2.45) is 5.92 Å². The van der Waals surface area contributed by atoms with E-state index in [0.29, 0.717) is 24.7 Å². The van der Waals surface area contributed by atoms with Crippen LogP contribution in [0.4, 0.5) is 11.6 Å². The monoisotopic (exact) mass is 354 g/mol. The molecule has 2 N–H and O–H groups in total. The molecule has 1 aliphatic heterocycles. The van der Waals surface area contributed by atoms with E-state index in [-0.39, 0.29) is 30.6 Å². The Morgan fingerprint density at radius 2 is 2.00 bits per heavy atom. The van der Waals surface area contributed by atoms with Crippen LogP contribution in [-0.2, 0) is 4.74 Å².